The summed E-state index contributed by atoms with van der Waals surface area (Å²) in [6, 6.07) is 5.09. The molecule has 5 rings (SSSR count). The van der Waals surface area contributed by atoms with E-state index in [0.717, 1.165) is 54.7 Å². The van der Waals surface area contributed by atoms with Crippen molar-refractivity contribution in [3.05, 3.63) is 29.3 Å². The molecule has 0 spiro atoms. The zero-order valence-electron chi connectivity index (χ0n) is 24.0. The van der Waals surface area contributed by atoms with E-state index in [2.05, 4.69) is 23.9 Å². The van der Waals surface area contributed by atoms with Gasteiger partial charge in [-0.05, 0) is 66.9 Å². The van der Waals surface area contributed by atoms with Gasteiger partial charge in [0.05, 0.1) is 5.75 Å². The lowest BCUT2D eigenvalue weighted by Crippen LogP contribution is -2.52. The van der Waals surface area contributed by atoms with E-state index in [1.165, 1.54) is 0 Å². The Hall–Kier alpha value is -2.24. The number of nitrogens with zero attached hydrogens (tertiary/aromatic N) is 1. The quantitative estimate of drug-likeness (QED) is 0.199. The van der Waals surface area contributed by atoms with Crippen molar-refractivity contribution in [1.29, 1.82) is 0 Å². The first-order valence-corrected chi connectivity index (χ1v) is 17.5. The molecule has 1 unspecified atom stereocenters. The van der Waals surface area contributed by atoms with Crippen LogP contribution in [0.1, 0.15) is 94.0 Å². The van der Waals surface area contributed by atoms with E-state index in [-0.39, 0.29) is 35.2 Å². The highest BCUT2D eigenvalue weighted by Gasteiger charge is 2.65. The fourth-order valence-electron chi connectivity index (χ4n) is 7.34. The van der Waals surface area contributed by atoms with Crippen molar-refractivity contribution < 1.29 is 27.6 Å². The van der Waals surface area contributed by atoms with E-state index < -0.39 is 27.4 Å². The first-order chi connectivity index (χ1) is 19.4. The van der Waals surface area contributed by atoms with E-state index in [0.29, 0.717) is 43.8 Å². The summed E-state index contributed by atoms with van der Waals surface area (Å²) >= 11 is 1.72. The van der Waals surface area contributed by atoms with Crippen molar-refractivity contribution >= 4 is 45.3 Å². The number of hydrogen-bond donors (Lipinski definition) is 2. The van der Waals surface area contributed by atoms with Crippen LogP contribution in [0.5, 0.6) is 0 Å². The van der Waals surface area contributed by atoms with Crippen molar-refractivity contribution in [2.24, 2.45) is 16.7 Å². The molecule has 2 bridgehead atoms. The molecule has 9 nitrogen and oxygen atoms in total. The summed E-state index contributed by atoms with van der Waals surface area (Å²) in [6.07, 6.45) is 7.49. The largest absolute Gasteiger partial charge is 0.322 e. The Morgan fingerprint density at radius 2 is 1.80 bits per heavy atom. The lowest BCUT2D eigenvalue weighted by atomic mass is 9.70. The summed E-state index contributed by atoms with van der Waals surface area (Å²) in [5.41, 5.74) is 0.612. The molecule has 1 saturated heterocycles. The van der Waals surface area contributed by atoms with Crippen LogP contribution >= 0.6 is 11.8 Å². The normalized spacial score (nSPS) is 27.0. The second kappa shape index (κ2) is 11.8. The van der Waals surface area contributed by atoms with Crippen LogP contribution in [-0.4, -0.2) is 60.9 Å². The molecule has 2 saturated carbocycles. The standard InChI is InChI=1S/C30H41N3O6S2/c1-29(2)20-13-14-30(29,25(34)17-20)19-41(38,39)31-15-6-4-3-5-7-16-40-24-10-8-9-21-22(24)18-33(28(21)37)23-11-12-26(35)32-27(23)36/h8-10,20,23,31H,3-7,11-19H2,1-2H3,(H,32,35,36)/t20-,23?,30-/m0/s1. The molecular formula is C30H41N3O6S2. The van der Waals surface area contributed by atoms with Crippen LogP contribution in [0.25, 0.3) is 0 Å². The maximum Gasteiger partial charge on any atom is 0.255 e. The molecule has 0 radical (unpaired) electrons. The lowest BCUT2D eigenvalue weighted by molar-refractivity contribution is -0.137. The Morgan fingerprint density at radius 3 is 2.51 bits per heavy atom. The Balaban J connectivity index is 0.999. The molecule has 3 amide bonds. The third-order valence-corrected chi connectivity index (χ3v) is 12.7. The number of rotatable bonds is 13. The first-order valence-electron chi connectivity index (χ1n) is 14.9. The van der Waals surface area contributed by atoms with E-state index in [4.69, 9.17) is 0 Å². The molecule has 3 atom stereocenters. The fraction of sp³-hybridized carbons (Fsp3) is 0.667. The van der Waals surface area contributed by atoms with Gasteiger partial charge >= 0.3 is 0 Å². The second-order valence-electron chi connectivity index (χ2n) is 12.6. The zero-order chi connectivity index (χ0) is 29.4. The highest BCUT2D eigenvalue weighted by molar-refractivity contribution is 7.99. The number of ketones is 1. The monoisotopic (exact) mass is 603 g/mol. The number of imide groups is 1. The molecule has 4 aliphatic rings. The van der Waals surface area contributed by atoms with Crippen molar-refractivity contribution in [3.8, 4) is 0 Å². The van der Waals surface area contributed by atoms with E-state index >= 15 is 0 Å². The molecule has 2 N–H and O–H groups in total. The van der Waals surface area contributed by atoms with Crippen molar-refractivity contribution in [1.82, 2.24) is 14.9 Å². The van der Waals surface area contributed by atoms with Gasteiger partial charge in [0.1, 0.15) is 11.8 Å². The van der Waals surface area contributed by atoms with Crippen LogP contribution in [0.4, 0.5) is 0 Å². The number of Topliss-reactive ketones (excluding diaryl/α,β-unsaturated/α-hetero) is 1. The van der Waals surface area contributed by atoms with Gasteiger partial charge in [0.25, 0.3) is 5.91 Å². The zero-order valence-corrected chi connectivity index (χ0v) is 25.6. The molecule has 1 aromatic carbocycles. The minimum atomic E-state index is -3.51. The van der Waals surface area contributed by atoms with Crippen LogP contribution < -0.4 is 10.0 Å². The highest BCUT2D eigenvalue weighted by Crippen LogP contribution is 2.64. The summed E-state index contributed by atoms with van der Waals surface area (Å²) in [6.45, 7) is 4.90. The molecule has 2 aliphatic heterocycles. The molecule has 1 aromatic rings. The van der Waals surface area contributed by atoms with Crippen molar-refractivity contribution in [3.63, 3.8) is 0 Å². The maximum atomic E-state index is 13.0. The van der Waals surface area contributed by atoms with Crippen LogP contribution in [0.3, 0.4) is 0 Å². The summed E-state index contributed by atoms with van der Waals surface area (Å²) in [4.78, 5) is 52.1. The molecule has 0 aromatic heterocycles. The maximum absolute atomic E-state index is 13.0. The summed E-state index contributed by atoms with van der Waals surface area (Å²) < 4.78 is 28.4. The number of carbonyl (C=O) groups excluding carboxylic acids is 4. The molecule has 2 aliphatic carbocycles. The van der Waals surface area contributed by atoms with Gasteiger partial charge in [0.15, 0.2) is 0 Å². The van der Waals surface area contributed by atoms with Gasteiger partial charge in [-0.3, -0.25) is 24.5 Å². The number of hydrogen-bond acceptors (Lipinski definition) is 7. The van der Waals surface area contributed by atoms with Crippen molar-refractivity contribution in [2.75, 3.05) is 18.1 Å². The smallest absolute Gasteiger partial charge is 0.255 e. The van der Waals surface area contributed by atoms with E-state index in [1.807, 2.05) is 12.1 Å². The predicted molar refractivity (Wildman–Crippen MR) is 157 cm³/mol. The van der Waals surface area contributed by atoms with Gasteiger partial charge in [-0.15, -0.1) is 11.8 Å². The number of benzene rings is 1. The van der Waals surface area contributed by atoms with E-state index in [9.17, 15) is 27.6 Å². The molecule has 41 heavy (non-hydrogen) atoms. The number of piperidine rings is 1. The third kappa shape index (κ3) is 5.86. The third-order valence-electron chi connectivity index (χ3n) is 10.0. The van der Waals surface area contributed by atoms with Crippen molar-refractivity contribution in [2.45, 2.75) is 95.5 Å². The van der Waals surface area contributed by atoms with Gasteiger partial charge in [0.2, 0.25) is 21.8 Å². The Morgan fingerprint density at radius 1 is 1.05 bits per heavy atom. The predicted octanol–water partition coefficient (Wildman–Crippen LogP) is 3.81. The minimum absolute atomic E-state index is 0.0837. The Kier molecular flexibility index (Phi) is 8.70. The number of amides is 3. The SMILES string of the molecule is CC1(C)[C@H]2CC[C@]1(CS(=O)(=O)NCCCCCCCSc1cccc3c1CN(C1CCC(=O)NC1=O)C3=O)C(=O)C2. The van der Waals surface area contributed by atoms with Gasteiger partial charge < -0.3 is 4.90 Å². The van der Waals surface area contributed by atoms with Crippen LogP contribution in [0.15, 0.2) is 23.1 Å². The van der Waals surface area contributed by atoms with Gasteiger partial charge in [-0.2, -0.15) is 0 Å². The van der Waals surface area contributed by atoms with Crippen LogP contribution in [0.2, 0.25) is 0 Å². The Bertz CT molecular complexity index is 1340. The second-order valence-corrected chi connectivity index (χ2v) is 15.6. The first kappa shape index (κ1) is 30.2. The number of fused-ring (bicyclic) bond motifs is 3. The number of nitrogens with one attached hydrogen (secondary N) is 2. The molecule has 3 fully saturated rings. The fourth-order valence-corrected chi connectivity index (χ4v) is 10.3. The summed E-state index contributed by atoms with van der Waals surface area (Å²) in [7, 11) is -3.51. The topological polar surface area (TPSA) is 130 Å². The molecule has 2 heterocycles. The average Bonchev–Trinajstić information content (AvgIpc) is 3.43. The average molecular weight is 604 g/mol. The van der Waals surface area contributed by atoms with Gasteiger partial charge in [-0.1, -0.05) is 39.2 Å². The van der Waals surface area contributed by atoms with E-state index in [1.54, 1.807) is 22.7 Å². The van der Waals surface area contributed by atoms with Gasteiger partial charge in [-0.25, -0.2) is 13.1 Å². The highest BCUT2D eigenvalue weighted by atomic mass is 32.2. The summed E-state index contributed by atoms with van der Waals surface area (Å²) in [5.74, 6) is 0.409. The molecular weight excluding hydrogens is 562 g/mol. The van der Waals surface area contributed by atoms with Crippen LogP contribution in [-0.2, 0) is 31.0 Å². The minimum Gasteiger partial charge on any atom is -0.322 e. The van der Waals surface area contributed by atoms with Crippen LogP contribution in [0, 0.1) is 16.7 Å². The Labute approximate surface area is 247 Å². The number of unbranched alkanes of at least 4 members (excludes halogenated alkanes) is 4. The summed E-state index contributed by atoms with van der Waals surface area (Å²) in [5, 5.41) is 2.34. The van der Waals surface area contributed by atoms with Gasteiger partial charge in [0, 0.05) is 41.8 Å². The number of carbonyl (C=O) groups is 4. The molecule has 11 heteroatoms. The number of thioether (sulfide) groups is 1. The molecule has 224 valence electrons. The number of sulfonamides is 1. The lowest BCUT2D eigenvalue weighted by Gasteiger charge is -2.36.